The van der Waals surface area contributed by atoms with Gasteiger partial charge in [0.1, 0.15) is 5.75 Å². The lowest BCUT2D eigenvalue weighted by atomic mass is 9.93. The van der Waals surface area contributed by atoms with Crippen LogP contribution in [0.3, 0.4) is 0 Å². The van der Waals surface area contributed by atoms with Crippen LogP contribution in [-0.2, 0) is 5.60 Å². The normalized spacial score (nSPS) is 13.6. The Labute approximate surface area is 118 Å². The van der Waals surface area contributed by atoms with Gasteiger partial charge in [-0.25, -0.2) is 4.79 Å². The van der Waals surface area contributed by atoms with Crippen LogP contribution in [0.2, 0.25) is 0 Å². The van der Waals surface area contributed by atoms with Crippen molar-refractivity contribution in [1.82, 2.24) is 0 Å². The van der Waals surface area contributed by atoms with Gasteiger partial charge in [0.05, 0.1) is 11.2 Å². The number of hydrogen-bond donors (Lipinski definition) is 1. The number of esters is 1. The van der Waals surface area contributed by atoms with Crippen LogP contribution in [0.4, 0.5) is 0 Å². The largest absolute Gasteiger partial charge is 0.423 e. The molecule has 0 aliphatic carbocycles. The molecule has 0 saturated carbocycles. The molecule has 2 rings (SSSR count). The van der Waals surface area contributed by atoms with Crippen LogP contribution in [0.1, 0.15) is 36.2 Å². The SMILES string of the molecule is CCC(C)(O)c1cccc(OC(=O)c2ccccc2)c1. The van der Waals surface area contributed by atoms with E-state index in [1.54, 1.807) is 49.4 Å². The third kappa shape index (κ3) is 3.25. The Balaban J connectivity index is 2.19. The maximum atomic E-state index is 12.0. The highest BCUT2D eigenvalue weighted by Crippen LogP contribution is 2.27. The van der Waals surface area contributed by atoms with E-state index in [0.717, 1.165) is 5.56 Å². The van der Waals surface area contributed by atoms with Crippen LogP contribution in [-0.4, -0.2) is 11.1 Å². The highest BCUT2D eigenvalue weighted by molar-refractivity contribution is 5.90. The Morgan fingerprint density at radius 2 is 1.85 bits per heavy atom. The zero-order chi connectivity index (χ0) is 14.6. The summed E-state index contributed by atoms with van der Waals surface area (Å²) in [7, 11) is 0. The number of benzene rings is 2. The Morgan fingerprint density at radius 1 is 1.15 bits per heavy atom. The van der Waals surface area contributed by atoms with Crippen molar-refractivity contribution in [2.24, 2.45) is 0 Å². The highest BCUT2D eigenvalue weighted by atomic mass is 16.5. The fourth-order valence-corrected chi connectivity index (χ4v) is 1.84. The van der Waals surface area contributed by atoms with Crippen LogP contribution < -0.4 is 4.74 Å². The van der Waals surface area contributed by atoms with Crippen molar-refractivity contribution in [3.63, 3.8) is 0 Å². The molecule has 0 radical (unpaired) electrons. The average Bonchev–Trinajstić information content (AvgIpc) is 2.48. The van der Waals surface area contributed by atoms with Crippen molar-refractivity contribution < 1.29 is 14.6 Å². The second-order valence-electron chi connectivity index (χ2n) is 4.91. The minimum Gasteiger partial charge on any atom is -0.423 e. The van der Waals surface area contributed by atoms with E-state index in [1.165, 1.54) is 0 Å². The Kier molecular flexibility index (Phi) is 4.20. The first kappa shape index (κ1) is 14.3. The minimum atomic E-state index is -0.921. The Hall–Kier alpha value is -2.13. The van der Waals surface area contributed by atoms with Gasteiger partial charge in [-0.15, -0.1) is 0 Å². The van der Waals surface area contributed by atoms with E-state index < -0.39 is 11.6 Å². The fourth-order valence-electron chi connectivity index (χ4n) is 1.84. The molecule has 1 atom stereocenters. The van der Waals surface area contributed by atoms with Crippen LogP contribution >= 0.6 is 0 Å². The van der Waals surface area contributed by atoms with Gasteiger partial charge in [0.15, 0.2) is 0 Å². The average molecular weight is 270 g/mol. The maximum absolute atomic E-state index is 12.0. The van der Waals surface area contributed by atoms with Gasteiger partial charge in [-0.3, -0.25) is 0 Å². The number of carbonyl (C=O) groups excluding carboxylic acids is 1. The van der Waals surface area contributed by atoms with Gasteiger partial charge in [-0.1, -0.05) is 37.3 Å². The van der Waals surface area contributed by atoms with E-state index >= 15 is 0 Å². The van der Waals surface area contributed by atoms with Crippen LogP contribution in [0.5, 0.6) is 5.75 Å². The third-order valence-electron chi connectivity index (χ3n) is 3.36. The summed E-state index contributed by atoms with van der Waals surface area (Å²) in [6.07, 6.45) is 0.586. The summed E-state index contributed by atoms with van der Waals surface area (Å²) in [6, 6.07) is 15.8. The van der Waals surface area contributed by atoms with Crippen molar-refractivity contribution in [2.75, 3.05) is 0 Å². The molecular formula is C17H18O3. The van der Waals surface area contributed by atoms with Crippen LogP contribution in [0.25, 0.3) is 0 Å². The zero-order valence-electron chi connectivity index (χ0n) is 11.7. The molecule has 0 spiro atoms. The first-order valence-electron chi connectivity index (χ1n) is 6.63. The first-order valence-corrected chi connectivity index (χ1v) is 6.63. The van der Waals surface area contributed by atoms with E-state index in [9.17, 15) is 9.90 Å². The molecule has 0 aliphatic rings. The molecule has 0 fully saturated rings. The molecule has 20 heavy (non-hydrogen) atoms. The molecule has 2 aromatic rings. The van der Waals surface area contributed by atoms with E-state index in [1.807, 2.05) is 19.1 Å². The summed E-state index contributed by atoms with van der Waals surface area (Å²) in [4.78, 5) is 12.0. The third-order valence-corrected chi connectivity index (χ3v) is 3.36. The van der Waals surface area contributed by atoms with Gasteiger partial charge >= 0.3 is 5.97 Å². The molecule has 3 heteroatoms. The molecule has 0 aliphatic heterocycles. The summed E-state index contributed by atoms with van der Waals surface area (Å²) in [5, 5.41) is 10.2. The van der Waals surface area contributed by atoms with E-state index in [2.05, 4.69) is 0 Å². The first-order chi connectivity index (χ1) is 9.53. The Morgan fingerprint density at radius 3 is 2.50 bits per heavy atom. The predicted octanol–water partition coefficient (Wildman–Crippen LogP) is 3.52. The van der Waals surface area contributed by atoms with Gasteiger partial charge in [0.25, 0.3) is 0 Å². The predicted molar refractivity (Wildman–Crippen MR) is 77.7 cm³/mol. The number of aliphatic hydroxyl groups is 1. The molecule has 3 nitrogen and oxygen atoms in total. The molecule has 0 aromatic heterocycles. The van der Waals surface area contributed by atoms with Crippen molar-refractivity contribution in [1.29, 1.82) is 0 Å². The Bertz CT molecular complexity index is 588. The number of rotatable bonds is 4. The summed E-state index contributed by atoms with van der Waals surface area (Å²) < 4.78 is 5.33. The molecule has 2 aromatic carbocycles. The van der Waals surface area contributed by atoms with Crippen LogP contribution in [0.15, 0.2) is 54.6 Å². The smallest absolute Gasteiger partial charge is 0.343 e. The lowest BCUT2D eigenvalue weighted by Gasteiger charge is -2.22. The van der Waals surface area contributed by atoms with E-state index in [-0.39, 0.29) is 0 Å². The lowest BCUT2D eigenvalue weighted by molar-refractivity contribution is 0.0524. The van der Waals surface area contributed by atoms with Gasteiger partial charge in [0.2, 0.25) is 0 Å². The topological polar surface area (TPSA) is 46.5 Å². The van der Waals surface area contributed by atoms with Gasteiger partial charge < -0.3 is 9.84 Å². The molecule has 1 N–H and O–H groups in total. The standard InChI is InChI=1S/C17H18O3/c1-3-17(2,19)14-10-7-11-15(12-14)20-16(18)13-8-5-4-6-9-13/h4-12,19H,3H2,1-2H3. The van der Waals surface area contributed by atoms with Crippen LogP contribution in [0, 0.1) is 0 Å². The number of carbonyl (C=O) groups is 1. The lowest BCUT2D eigenvalue weighted by Crippen LogP contribution is -2.19. The molecule has 0 amide bonds. The summed E-state index contributed by atoms with van der Waals surface area (Å²) in [5.74, 6) is 0.0315. The van der Waals surface area contributed by atoms with Gasteiger partial charge in [-0.2, -0.15) is 0 Å². The second kappa shape index (κ2) is 5.88. The van der Waals surface area contributed by atoms with Crippen molar-refractivity contribution in [3.05, 3.63) is 65.7 Å². The molecule has 0 bridgehead atoms. The van der Waals surface area contributed by atoms with Gasteiger partial charge in [-0.05, 0) is 43.2 Å². The monoisotopic (exact) mass is 270 g/mol. The maximum Gasteiger partial charge on any atom is 0.343 e. The molecule has 1 unspecified atom stereocenters. The fraction of sp³-hybridized carbons (Fsp3) is 0.235. The molecular weight excluding hydrogens is 252 g/mol. The van der Waals surface area contributed by atoms with Gasteiger partial charge in [0, 0.05) is 0 Å². The summed E-state index contributed by atoms with van der Waals surface area (Å²) in [6.45, 7) is 3.65. The highest BCUT2D eigenvalue weighted by Gasteiger charge is 2.21. The minimum absolute atomic E-state index is 0.404. The molecule has 104 valence electrons. The summed E-state index contributed by atoms with van der Waals surface area (Å²) in [5.41, 5.74) is 0.313. The van der Waals surface area contributed by atoms with E-state index in [0.29, 0.717) is 17.7 Å². The zero-order valence-corrected chi connectivity index (χ0v) is 11.7. The molecule has 0 heterocycles. The van der Waals surface area contributed by atoms with Crippen molar-refractivity contribution in [3.8, 4) is 5.75 Å². The number of ether oxygens (including phenoxy) is 1. The molecule has 0 saturated heterocycles. The quantitative estimate of drug-likeness (QED) is 0.683. The van der Waals surface area contributed by atoms with Crippen molar-refractivity contribution in [2.45, 2.75) is 25.9 Å². The van der Waals surface area contributed by atoms with Crippen molar-refractivity contribution >= 4 is 5.97 Å². The summed E-state index contributed by atoms with van der Waals surface area (Å²) >= 11 is 0. The number of hydrogen-bond acceptors (Lipinski definition) is 3. The second-order valence-corrected chi connectivity index (χ2v) is 4.91. The van der Waals surface area contributed by atoms with E-state index in [4.69, 9.17) is 4.74 Å².